The lowest BCUT2D eigenvalue weighted by Gasteiger charge is -2.00. The molecule has 0 spiro atoms. The van der Waals surface area contributed by atoms with Crippen molar-refractivity contribution < 1.29 is 4.74 Å². The van der Waals surface area contributed by atoms with Crippen LogP contribution in [0, 0.1) is 5.41 Å². The van der Waals surface area contributed by atoms with Crippen molar-refractivity contribution in [3.63, 3.8) is 0 Å². The predicted molar refractivity (Wildman–Crippen MR) is 97.5 cm³/mol. The highest BCUT2D eigenvalue weighted by molar-refractivity contribution is 6.04. The van der Waals surface area contributed by atoms with Crippen LogP contribution in [0.15, 0.2) is 47.5 Å². The van der Waals surface area contributed by atoms with E-state index >= 15 is 0 Å². The van der Waals surface area contributed by atoms with Crippen LogP contribution >= 0.6 is 0 Å². The Balaban J connectivity index is 1.93. The van der Waals surface area contributed by atoms with Crippen molar-refractivity contribution in [2.24, 2.45) is 10.7 Å². The number of ether oxygens (including phenoxy) is 1. The van der Waals surface area contributed by atoms with Crippen molar-refractivity contribution in [2.45, 2.75) is 0 Å². The van der Waals surface area contributed by atoms with E-state index in [1.54, 1.807) is 7.11 Å². The van der Waals surface area contributed by atoms with Crippen LogP contribution in [0.25, 0.3) is 23.1 Å². The van der Waals surface area contributed by atoms with Gasteiger partial charge in [0, 0.05) is 10.9 Å². The number of nitrogens with zero attached hydrogens (tertiary/aromatic N) is 2. The van der Waals surface area contributed by atoms with Gasteiger partial charge in [0.25, 0.3) is 0 Å². The molecular weight excluding hydrogens is 302 g/mol. The number of rotatable bonds is 5. The van der Waals surface area contributed by atoms with Crippen molar-refractivity contribution in [1.29, 1.82) is 5.41 Å². The molecule has 1 aromatic heterocycles. The summed E-state index contributed by atoms with van der Waals surface area (Å²) in [6.07, 6.45) is 4.85. The van der Waals surface area contributed by atoms with Gasteiger partial charge in [0.1, 0.15) is 17.9 Å². The average molecular weight is 319 g/mol. The maximum atomic E-state index is 7.02. The predicted octanol–water partition coefficient (Wildman–Crippen LogP) is 3.05. The Hall–Kier alpha value is -3.41. The molecule has 3 aromatic rings. The van der Waals surface area contributed by atoms with Gasteiger partial charge in [-0.1, -0.05) is 18.2 Å². The molecule has 0 fully saturated rings. The van der Waals surface area contributed by atoms with Crippen LogP contribution in [-0.4, -0.2) is 29.5 Å². The van der Waals surface area contributed by atoms with Gasteiger partial charge in [-0.25, -0.2) is 4.99 Å². The molecule has 6 nitrogen and oxygen atoms in total. The molecule has 0 radical (unpaired) electrons. The van der Waals surface area contributed by atoms with Gasteiger partial charge < -0.3 is 10.5 Å². The van der Waals surface area contributed by atoms with Crippen molar-refractivity contribution >= 4 is 35.2 Å². The average Bonchev–Trinajstić information content (AvgIpc) is 3.03. The van der Waals surface area contributed by atoms with Crippen LogP contribution in [0.5, 0.6) is 5.75 Å². The quantitative estimate of drug-likeness (QED) is 0.497. The number of aromatic amines is 1. The number of benzene rings is 2. The van der Waals surface area contributed by atoms with E-state index in [4.69, 9.17) is 15.9 Å². The minimum Gasteiger partial charge on any atom is -0.497 e. The van der Waals surface area contributed by atoms with Crippen LogP contribution in [0.4, 0.5) is 0 Å². The van der Waals surface area contributed by atoms with Gasteiger partial charge in [-0.15, -0.1) is 0 Å². The topological polar surface area (TPSA) is 100 Å². The van der Waals surface area contributed by atoms with Gasteiger partial charge in [0.15, 0.2) is 0 Å². The summed E-state index contributed by atoms with van der Waals surface area (Å²) in [6, 6.07) is 13.4. The molecule has 3 rings (SSSR count). The molecule has 0 bridgehead atoms. The van der Waals surface area contributed by atoms with Crippen LogP contribution in [0.1, 0.15) is 16.8 Å². The van der Waals surface area contributed by atoms with E-state index in [9.17, 15) is 0 Å². The minimum atomic E-state index is 0.304. The standard InChI is InChI=1S/C18H17N5O/c1-24-14-6-2-12(3-7-14)4-8-16-15-10-13(18(20)21-11-19)5-9-17(15)23-22-16/h2-11H,1H3,(H,22,23)(H3,19,20,21)/b8-4+. The molecule has 2 aromatic carbocycles. The molecule has 0 unspecified atom stereocenters. The minimum absolute atomic E-state index is 0.304. The van der Waals surface area contributed by atoms with Crippen molar-refractivity contribution in [3.8, 4) is 5.75 Å². The van der Waals surface area contributed by atoms with Gasteiger partial charge in [-0.05, 0) is 42.0 Å². The highest BCUT2D eigenvalue weighted by Gasteiger charge is 2.06. The second-order valence-corrected chi connectivity index (χ2v) is 5.12. The van der Waals surface area contributed by atoms with Crippen LogP contribution in [-0.2, 0) is 0 Å². The van der Waals surface area contributed by atoms with Gasteiger partial charge in [-0.3, -0.25) is 10.5 Å². The Morgan fingerprint density at radius 1 is 1.21 bits per heavy atom. The summed E-state index contributed by atoms with van der Waals surface area (Å²) >= 11 is 0. The number of nitrogens with two attached hydrogens (primary N) is 1. The number of hydrogen-bond donors (Lipinski definition) is 3. The van der Waals surface area contributed by atoms with E-state index < -0.39 is 0 Å². The molecule has 1 heterocycles. The largest absolute Gasteiger partial charge is 0.497 e. The molecule has 24 heavy (non-hydrogen) atoms. The number of aromatic nitrogens is 2. The number of amidine groups is 1. The van der Waals surface area contributed by atoms with Gasteiger partial charge in [-0.2, -0.15) is 5.10 Å². The SMILES string of the molecule is COc1ccc(/C=C/c2n[nH]c3ccc(C(N)=NC=N)cc23)cc1. The summed E-state index contributed by atoms with van der Waals surface area (Å²) in [5.41, 5.74) is 9.37. The third-order valence-corrected chi connectivity index (χ3v) is 3.64. The summed E-state index contributed by atoms with van der Waals surface area (Å²) in [6.45, 7) is 0. The van der Waals surface area contributed by atoms with Gasteiger partial charge in [0.05, 0.1) is 18.3 Å². The lowest BCUT2D eigenvalue weighted by atomic mass is 10.1. The highest BCUT2D eigenvalue weighted by Crippen LogP contribution is 2.20. The van der Waals surface area contributed by atoms with E-state index in [0.29, 0.717) is 5.84 Å². The van der Waals surface area contributed by atoms with E-state index in [1.165, 1.54) is 0 Å². The Labute approximate surface area is 139 Å². The molecule has 0 aliphatic carbocycles. The van der Waals surface area contributed by atoms with E-state index in [-0.39, 0.29) is 0 Å². The first-order valence-electron chi connectivity index (χ1n) is 7.34. The molecule has 0 atom stereocenters. The van der Waals surface area contributed by atoms with Gasteiger partial charge >= 0.3 is 0 Å². The number of nitrogens with one attached hydrogen (secondary N) is 2. The maximum Gasteiger partial charge on any atom is 0.132 e. The summed E-state index contributed by atoms with van der Waals surface area (Å²) < 4.78 is 5.15. The van der Waals surface area contributed by atoms with Crippen LogP contribution in [0.3, 0.4) is 0 Å². The monoisotopic (exact) mass is 319 g/mol. The molecular formula is C18H17N5O. The first-order valence-corrected chi connectivity index (χ1v) is 7.34. The number of fused-ring (bicyclic) bond motifs is 1. The van der Waals surface area contributed by atoms with Crippen LogP contribution in [0.2, 0.25) is 0 Å². The number of hydrogen-bond acceptors (Lipinski definition) is 3. The second kappa shape index (κ2) is 6.78. The fourth-order valence-corrected chi connectivity index (χ4v) is 2.35. The number of methoxy groups -OCH3 is 1. The maximum absolute atomic E-state index is 7.02. The van der Waals surface area contributed by atoms with Gasteiger partial charge in [0.2, 0.25) is 0 Å². The Morgan fingerprint density at radius 2 is 2.00 bits per heavy atom. The third kappa shape index (κ3) is 3.17. The van der Waals surface area contributed by atoms with E-state index in [2.05, 4.69) is 15.2 Å². The molecule has 4 N–H and O–H groups in total. The van der Waals surface area contributed by atoms with E-state index in [0.717, 1.165) is 39.8 Å². The zero-order valence-electron chi connectivity index (χ0n) is 13.2. The Bertz CT molecular complexity index is 922. The fraction of sp³-hybridized carbons (Fsp3) is 0.0556. The fourth-order valence-electron chi connectivity index (χ4n) is 2.35. The van der Waals surface area contributed by atoms with Crippen molar-refractivity contribution in [1.82, 2.24) is 10.2 Å². The molecule has 0 saturated carbocycles. The molecule has 120 valence electrons. The Morgan fingerprint density at radius 3 is 2.71 bits per heavy atom. The number of H-pyrrole nitrogens is 1. The third-order valence-electron chi connectivity index (χ3n) is 3.64. The lowest BCUT2D eigenvalue weighted by Crippen LogP contribution is -2.13. The first-order chi connectivity index (χ1) is 11.7. The highest BCUT2D eigenvalue weighted by atomic mass is 16.5. The molecule has 0 aliphatic rings. The lowest BCUT2D eigenvalue weighted by molar-refractivity contribution is 0.415. The first kappa shape index (κ1) is 15.5. The normalized spacial score (nSPS) is 12.0. The van der Waals surface area contributed by atoms with Crippen molar-refractivity contribution in [2.75, 3.05) is 7.11 Å². The summed E-state index contributed by atoms with van der Waals surface area (Å²) in [4.78, 5) is 3.80. The summed E-state index contributed by atoms with van der Waals surface area (Å²) in [5.74, 6) is 1.13. The zero-order valence-corrected chi connectivity index (χ0v) is 13.2. The summed E-state index contributed by atoms with van der Waals surface area (Å²) in [7, 11) is 1.64. The van der Waals surface area contributed by atoms with Crippen LogP contribution < -0.4 is 10.5 Å². The van der Waals surface area contributed by atoms with Crippen molar-refractivity contribution in [3.05, 3.63) is 59.3 Å². The van der Waals surface area contributed by atoms with E-state index in [1.807, 2.05) is 54.6 Å². The molecule has 6 heteroatoms. The summed E-state index contributed by atoms with van der Waals surface area (Å²) in [5, 5.41) is 15.3. The Kier molecular flexibility index (Phi) is 4.38. The molecule has 0 aliphatic heterocycles. The second-order valence-electron chi connectivity index (χ2n) is 5.12. The zero-order chi connectivity index (χ0) is 16.9. The molecule has 0 saturated heterocycles. The smallest absolute Gasteiger partial charge is 0.132 e. The molecule has 0 amide bonds. The number of aliphatic imine (C=N–C) groups is 1.